The van der Waals surface area contributed by atoms with Crippen LogP contribution >= 0.6 is 0 Å². The smallest absolute Gasteiger partial charge is 0.221 e. The highest BCUT2D eigenvalue weighted by molar-refractivity contribution is 5.78. The van der Waals surface area contributed by atoms with Gasteiger partial charge in [-0.1, -0.05) is 14.4 Å². The molecule has 10 heteroatoms. The number of ether oxygens (including phenoxy) is 2. The van der Waals surface area contributed by atoms with E-state index in [9.17, 15) is 9.59 Å². The van der Waals surface area contributed by atoms with Crippen molar-refractivity contribution in [2.75, 3.05) is 81.2 Å². The molecule has 3 atom stereocenters. The molecule has 0 spiro atoms. The van der Waals surface area contributed by atoms with Gasteiger partial charge in [0.1, 0.15) is 5.78 Å². The van der Waals surface area contributed by atoms with Crippen molar-refractivity contribution in [3.05, 3.63) is 0 Å². The molecule has 0 aromatic rings. The number of hydrogen-bond acceptors (Lipinski definition) is 5. The Balaban J connectivity index is -0.00000181. The zero-order chi connectivity index (χ0) is 26.0. The van der Waals surface area contributed by atoms with Gasteiger partial charge in [-0.05, 0) is 32.6 Å². The molecule has 3 unspecified atom stereocenters. The second-order valence-electron chi connectivity index (χ2n) is 11.2. The van der Waals surface area contributed by atoms with Crippen LogP contribution in [0.25, 0.3) is 0 Å². The second kappa shape index (κ2) is 25.8. The summed E-state index contributed by atoms with van der Waals surface area (Å²) in [5.41, 5.74) is 0. The van der Waals surface area contributed by atoms with Crippen molar-refractivity contribution in [3.63, 3.8) is 0 Å². The number of hydrogen-bond donors (Lipinski definition) is 3. The maximum Gasteiger partial charge on any atom is 0.221 e. The lowest BCUT2D eigenvalue weighted by atomic mass is 10.0. The Morgan fingerprint density at radius 1 is 0.865 bits per heavy atom. The number of nitrogens with one attached hydrogen (secondary N) is 3. The summed E-state index contributed by atoms with van der Waals surface area (Å²) in [7, 11) is 10.6. The summed E-state index contributed by atoms with van der Waals surface area (Å²) in [4.78, 5) is 25.2. The zero-order valence-corrected chi connectivity index (χ0v) is 25.8. The van der Waals surface area contributed by atoms with E-state index >= 15 is 0 Å². The molecule has 1 amide bonds. The minimum absolute atomic E-state index is 0. The number of quaternary nitrogens is 2. The minimum Gasteiger partial charge on any atom is -1.00 e. The first-order valence-corrected chi connectivity index (χ1v) is 13.2. The first-order valence-electron chi connectivity index (χ1n) is 13.2. The topological polar surface area (TPSA) is 81.1 Å². The van der Waals surface area contributed by atoms with Gasteiger partial charge in [0, 0.05) is 45.4 Å². The molecule has 0 heterocycles. The number of halogens is 2. The van der Waals surface area contributed by atoms with Crippen molar-refractivity contribution in [1.29, 1.82) is 0 Å². The van der Waals surface area contributed by atoms with Crippen LogP contribution in [-0.4, -0.2) is 110 Å². The molecular weight excluding hydrogens is 515 g/mol. The molecule has 37 heavy (non-hydrogen) atoms. The van der Waals surface area contributed by atoms with Crippen LogP contribution in [0, 0.1) is 5.92 Å². The van der Waals surface area contributed by atoms with E-state index in [1.165, 1.54) is 4.90 Å². The van der Waals surface area contributed by atoms with Gasteiger partial charge in [0.2, 0.25) is 5.91 Å². The molecule has 0 radical (unpaired) electrons. The highest BCUT2D eigenvalue weighted by atomic mass is 35.5. The van der Waals surface area contributed by atoms with E-state index in [1.807, 2.05) is 13.8 Å². The fraction of sp³-hybridized carbons (Fsp3) is 0.926. The second-order valence-corrected chi connectivity index (χ2v) is 11.2. The van der Waals surface area contributed by atoms with Gasteiger partial charge in [-0.2, -0.15) is 0 Å². The number of Topliss-reactive ketones (excluding diaryl/α,β-unsaturated/α-hetero) is 1. The molecule has 0 bridgehead atoms. The minimum atomic E-state index is 0. The number of carbonyl (C=O) groups is 2. The summed E-state index contributed by atoms with van der Waals surface area (Å²) in [5, 5.41) is 6.25. The molecule has 3 N–H and O–H groups in total. The molecule has 0 aromatic carbocycles. The highest BCUT2D eigenvalue weighted by Crippen LogP contribution is 2.11. The third-order valence-corrected chi connectivity index (χ3v) is 5.63. The predicted octanol–water partition coefficient (Wildman–Crippen LogP) is -4.46. The molecule has 0 fully saturated rings. The largest absolute Gasteiger partial charge is 1.00 e. The van der Waals surface area contributed by atoms with Crippen molar-refractivity contribution < 1.29 is 53.3 Å². The molecule has 226 valence electrons. The number of ketones is 1. The first kappa shape index (κ1) is 43.6. The fourth-order valence-corrected chi connectivity index (χ4v) is 3.36. The molecule has 0 rings (SSSR count). The van der Waals surface area contributed by atoms with Gasteiger partial charge in [0.15, 0.2) is 0 Å². The van der Waals surface area contributed by atoms with E-state index in [1.54, 1.807) is 0 Å². The first-order chi connectivity index (χ1) is 15.9. The number of carbonyl (C=O) groups excluding carboxylic acids is 2. The lowest BCUT2D eigenvalue weighted by Gasteiger charge is -2.23. The molecule has 0 saturated carbocycles. The van der Waals surface area contributed by atoms with E-state index < -0.39 is 0 Å². The van der Waals surface area contributed by atoms with Gasteiger partial charge < -0.3 is 54.3 Å². The van der Waals surface area contributed by atoms with E-state index in [0.29, 0.717) is 63.8 Å². The van der Waals surface area contributed by atoms with Crippen molar-refractivity contribution in [1.82, 2.24) is 10.6 Å². The summed E-state index contributed by atoms with van der Waals surface area (Å²) < 4.78 is 12.7. The Labute approximate surface area is 241 Å². The van der Waals surface area contributed by atoms with Gasteiger partial charge in [-0.3, -0.25) is 9.59 Å². The summed E-state index contributed by atoms with van der Waals surface area (Å²) in [6.07, 6.45) is 4.91. The maximum absolute atomic E-state index is 11.9. The number of rotatable bonds is 22. The summed E-state index contributed by atoms with van der Waals surface area (Å²) in [5.74, 6) is 0.911. The van der Waals surface area contributed by atoms with Gasteiger partial charge >= 0.3 is 0 Å². The average molecular weight is 576 g/mol. The third-order valence-electron chi connectivity index (χ3n) is 5.63. The molecule has 0 saturated heterocycles. The average Bonchev–Trinajstić information content (AvgIpc) is 2.72. The van der Waals surface area contributed by atoms with Crippen LogP contribution in [0.4, 0.5) is 0 Å². The Morgan fingerprint density at radius 3 is 2.05 bits per heavy atom. The van der Waals surface area contributed by atoms with E-state index in [2.05, 4.69) is 52.8 Å². The Kier molecular flexibility index (Phi) is 30.4. The van der Waals surface area contributed by atoms with Gasteiger partial charge in [0.25, 0.3) is 0 Å². The van der Waals surface area contributed by atoms with Crippen LogP contribution in [0.3, 0.4) is 0 Å². The summed E-state index contributed by atoms with van der Waals surface area (Å²) in [6.45, 7) is 11.5. The van der Waals surface area contributed by atoms with E-state index in [0.717, 1.165) is 36.8 Å². The molecule has 8 nitrogen and oxygen atoms in total. The Hall–Kier alpha value is -0.480. The monoisotopic (exact) mass is 574 g/mol. The van der Waals surface area contributed by atoms with Crippen LogP contribution in [0.15, 0.2) is 0 Å². The van der Waals surface area contributed by atoms with Crippen LogP contribution in [0.2, 0.25) is 0 Å². The van der Waals surface area contributed by atoms with Crippen molar-refractivity contribution in [2.24, 2.45) is 5.92 Å². The lowest BCUT2D eigenvalue weighted by Crippen LogP contribution is -3.05. The van der Waals surface area contributed by atoms with Crippen LogP contribution in [0.1, 0.15) is 66.7 Å². The van der Waals surface area contributed by atoms with Gasteiger partial charge in [-0.15, -0.1) is 0 Å². The molecule has 0 aliphatic carbocycles. The Bertz CT molecular complexity index is 549. The van der Waals surface area contributed by atoms with Gasteiger partial charge in [0.05, 0.1) is 73.7 Å². The van der Waals surface area contributed by atoms with Gasteiger partial charge in [-0.25, -0.2) is 0 Å². The van der Waals surface area contributed by atoms with Crippen molar-refractivity contribution in [3.8, 4) is 0 Å². The summed E-state index contributed by atoms with van der Waals surface area (Å²) in [6, 6.07) is 0. The standard InChI is InChI=1S/C26H54N4O4.CH4.2ClH/c1-22(11-9-12-25(31)13-10-17-29(4)5)20-33-24(3)21-34-23(2)19-27-15-14-26(32)28-16-18-30(6,7)8;;;/h22-24,27H,9-21H2,1-8H3;1H4;2*1H. The lowest BCUT2D eigenvalue weighted by molar-refractivity contribution is -0.869. The normalized spacial score (nSPS) is 13.5. The van der Waals surface area contributed by atoms with E-state index in [-0.39, 0.29) is 50.4 Å². The van der Waals surface area contributed by atoms with E-state index in [4.69, 9.17) is 9.47 Å². The van der Waals surface area contributed by atoms with Crippen LogP contribution < -0.4 is 40.3 Å². The zero-order valence-electron chi connectivity index (χ0n) is 24.3. The fourth-order valence-electron chi connectivity index (χ4n) is 3.36. The maximum atomic E-state index is 11.9. The number of amides is 1. The third kappa shape index (κ3) is 31.6. The SMILES string of the molecule is C.CC(CCCC(=O)CCC[NH+](C)C)COC(C)COC(C)CNCCC(=O)NCC[N+](C)(C)C.[Cl-].[Cl-]. The molecule has 0 aromatic heterocycles. The quantitative estimate of drug-likeness (QED) is 0.0897. The molecular formula is C27H60Cl2N4O4. The number of nitrogens with zero attached hydrogens (tertiary/aromatic N) is 1. The van der Waals surface area contributed by atoms with Crippen LogP contribution in [-0.2, 0) is 19.1 Å². The van der Waals surface area contributed by atoms with Crippen molar-refractivity contribution in [2.45, 2.75) is 78.9 Å². The van der Waals surface area contributed by atoms with Crippen molar-refractivity contribution >= 4 is 11.7 Å². The number of likely N-dealkylation sites (N-methyl/N-ethyl adjacent to an activating group) is 1. The Morgan fingerprint density at radius 2 is 1.46 bits per heavy atom. The van der Waals surface area contributed by atoms with Crippen LogP contribution in [0.5, 0.6) is 0 Å². The molecule has 0 aliphatic heterocycles. The predicted molar refractivity (Wildman–Crippen MR) is 146 cm³/mol. The highest BCUT2D eigenvalue weighted by Gasteiger charge is 2.12. The molecule has 0 aliphatic rings. The summed E-state index contributed by atoms with van der Waals surface area (Å²) >= 11 is 0.